The van der Waals surface area contributed by atoms with E-state index in [2.05, 4.69) is 30.8 Å². The van der Waals surface area contributed by atoms with Crippen molar-refractivity contribution in [3.8, 4) is 0 Å². The smallest absolute Gasteiger partial charge is 0.225 e. The molecule has 4 rings (SSSR count). The maximum Gasteiger partial charge on any atom is 0.225 e. The van der Waals surface area contributed by atoms with Gasteiger partial charge in [-0.2, -0.15) is 0 Å². The maximum atomic E-state index is 12.3. The molecular weight excluding hydrogens is 356 g/mol. The average Bonchev–Trinajstić information content (AvgIpc) is 3.40. The number of amides is 1. The zero-order valence-electron chi connectivity index (χ0n) is 12.9. The van der Waals surface area contributed by atoms with Crippen molar-refractivity contribution in [2.45, 2.75) is 19.3 Å². The first-order valence-corrected chi connectivity index (χ1v) is 8.96. The number of carbonyl (C=O) groups excluding carboxylic acids is 1. The number of fused-ring (bicyclic) bond motifs is 1. The van der Waals surface area contributed by atoms with Gasteiger partial charge in [0.2, 0.25) is 5.91 Å². The highest BCUT2D eigenvalue weighted by Crippen LogP contribution is 2.32. The summed E-state index contributed by atoms with van der Waals surface area (Å²) in [4.78, 5) is 25.6. The number of aromatic nitrogens is 2. The van der Waals surface area contributed by atoms with E-state index in [-0.39, 0.29) is 0 Å². The molecule has 0 atom stereocenters. The van der Waals surface area contributed by atoms with Gasteiger partial charge in [0.25, 0.3) is 0 Å². The minimum Gasteiger partial charge on any atom is -0.368 e. The number of anilines is 1. The third kappa shape index (κ3) is 3.04. The Kier molecular flexibility index (Phi) is 3.93. The molecule has 2 fully saturated rings. The summed E-state index contributed by atoms with van der Waals surface area (Å²) >= 11 is 3.45. The molecule has 1 aliphatic heterocycles. The van der Waals surface area contributed by atoms with Crippen molar-refractivity contribution in [1.29, 1.82) is 0 Å². The molecular formula is C17H19BrN4O. The van der Waals surface area contributed by atoms with Crippen LogP contribution in [0.25, 0.3) is 11.0 Å². The van der Waals surface area contributed by atoms with Crippen molar-refractivity contribution in [2.75, 3.05) is 31.1 Å². The minimum absolute atomic E-state index is 0.308. The highest BCUT2D eigenvalue weighted by Gasteiger charge is 2.34. The minimum atomic E-state index is 0.308. The van der Waals surface area contributed by atoms with Crippen LogP contribution in [-0.4, -0.2) is 47.0 Å². The van der Waals surface area contributed by atoms with Gasteiger partial charge in [0, 0.05) is 49.0 Å². The Balaban J connectivity index is 1.57. The normalized spacial score (nSPS) is 19.0. The van der Waals surface area contributed by atoms with E-state index in [4.69, 9.17) is 0 Å². The zero-order chi connectivity index (χ0) is 15.8. The van der Waals surface area contributed by atoms with Crippen molar-refractivity contribution in [1.82, 2.24) is 14.9 Å². The van der Waals surface area contributed by atoms with Crippen LogP contribution in [0, 0.1) is 5.92 Å². The summed E-state index contributed by atoms with van der Waals surface area (Å²) in [5.74, 6) is 0.663. The van der Waals surface area contributed by atoms with Gasteiger partial charge in [-0.3, -0.25) is 14.8 Å². The summed E-state index contributed by atoms with van der Waals surface area (Å²) in [6.45, 7) is 3.48. The maximum absolute atomic E-state index is 12.3. The Morgan fingerprint density at radius 3 is 2.87 bits per heavy atom. The number of pyridine rings is 2. The summed E-state index contributed by atoms with van der Waals surface area (Å²) in [5.41, 5.74) is 2.94. The first-order valence-electron chi connectivity index (χ1n) is 8.16. The van der Waals surface area contributed by atoms with Crippen LogP contribution in [0.5, 0.6) is 0 Å². The fourth-order valence-electron chi connectivity index (χ4n) is 3.21. The SMILES string of the molecule is O=C(C1CC1)N1CCCN(c2ccnc3cc(Br)cnc23)CC1. The number of halogens is 1. The van der Waals surface area contributed by atoms with Crippen LogP contribution < -0.4 is 4.90 Å². The molecule has 6 heteroatoms. The van der Waals surface area contributed by atoms with Crippen molar-refractivity contribution < 1.29 is 4.79 Å². The Morgan fingerprint density at radius 2 is 2.04 bits per heavy atom. The summed E-state index contributed by atoms with van der Waals surface area (Å²) in [7, 11) is 0. The number of hydrogen-bond acceptors (Lipinski definition) is 4. The molecule has 120 valence electrons. The topological polar surface area (TPSA) is 49.3 Å². The third-order valence-corrected chi connectivity index (χ3v) is 5.03. The first kappa shape index (κ1) is 14.9. The standard InChI is InChI=1S/C17H19BrN4O/c18-13-10-14-16(20-11-13)15(4-5-19-14)21-6-1-7-22(9-8-21)17(23)12-2-3-12/h4-5,10-12H,1-3,6-9H2. The van der Waals surface area contributed by atoms with Gasteiger partial charge in [0.1, 0.15) is 5.52 Å². The van der Waals surface area contributed by atoms with Crippen LogP contribution in [0.15, 0.2) is 29.0 Å². The predicted molar refractivity (Wildman–Crippen MR) is 93.4 cm³/mol. The first-order chi connectivity index (χ1) is 11.2. The fraction of sp³-hybridized carbons (Fsp3) is 0.471. The van der Waals surface area contributed by atoms with Gasteiger partial charge in [-0.25, -0.2) is 0 Å². The van der Waals surface area contributed by atoms with E-state index in [0.717, 1.165) is 66.6 Å². The molecule has 2 aromatic rings. The monoisotopic (exact) mass is 374 g/mol. The molecule has 3 heterocycles. The number of carbonyl (C=O) groups is 1. The predicted octanol–water partition coefficient (Wildman–Crippen LogP) is 2.84. The van der Waals surface area contributed by atoms with Gasteiger partial charge in [-0.1, -0.05) is 0 Å². The third-order valence-electron chi connectivity index (χ3n) is 4.60. The van der Waals surface area contributed by atoms with Crippen molar-refractivity contribution >= 4 is 38.6 Å². The molecule has 23 heavy (non-hydrogen) atoms. The molecule has 0 aromatic carbocycles. The molecule has 0 bridgehead atoms. The lowest BCUT2D eigenvalue weighted by Gasteiger charge is -2.24. The Morgan fingerprint density at radius 1 is 1.17 bits per heavy atom. The van der Waals surface area contributed by atoms with Crippen LogP contribution in [0.4, 0.5) is 5.69 Å². The summed E-state index contributed by atoms with van der Waals surface area (Å²) < 4.78 is 0.937. The van der Waals surface area contributed by atoms with Gasteiger partial charge >= 0.3 is 0 Å². The van der Waals surface area contributed by atoms with Gasteiger partial charge in [-0.15, -0.1) is 0 Å². The molecule has 0 radical (unpaired) electrons. The molecule has 1 aliphatic carbocycles. The quantitative estimate of drug-likeness (QED) is 0.810. The molecule has 0 spiro atoms. The second-order valence-electron chi connectivity index (χ2n) is 6.29. The molecule has 1 saturated heterocycles. The summed E-state index contributed by atoms with van der Waals surface area (Å²) in [5, 5.41) is 0. The van der Waals surface area contributed by atoms with Crippen molar-refractivity contribution in [3.63, 3.8) is 0 Å². The highest BCUT2D eigenvalue weighted by atomic mass is 79.9. The molecule has 1 saturated carbocycles. The second kappa shape index (κ2) is 6.07. The molecule has 0 N–H and O–H groups in total. The van der Waals surface area contributed by atoms with Crippen LogP contribution in [-0.2, 0) is 4.79 Å². The molecule has 2 aliphatic rings. The van der Waals surface area contributed by atoms with E-state index in [0.29, 0.717) is 11.8 Å². The van der Waals surface area contributed by atoms with Crippen molar-refractivity contribution in [3.05, 3.63) is 29.0 Å². The van der Waals surface area contributed by atoms with E-state index in [9.17, 15) is 4.79 Å². The fourth-order valence-corrected chi connectivity index (χ4v) is 3.53. The van der Waals surface area contributed by atoms with Gasteiger partial charge < -0.3 is 9.80 Å². The lowest BCUT2D eigenvalue weighted by molar-refractivity contribution is -0.132. The van der Waals surface area contributed by atoms with E-state index >= 15 is 0 Å². The number of hydrogen-bond donors (Lipinski definition) is 0. The summed E-state index contributed by atoms with van der Waals surface area (Å²) in [6.07, 6.45) is 6.80. The zero-order valence-corrected chi connectivity index (χ0v) is 14.5. The van der Waals surface area contributed by atoms with Crippen molar-refractivity contribution in [2.24, 2.45) is 5.92 Å². The number of nitrogens with zero attached hydrogens (tertiary/aromatic N) is 4. The Labute approximate surface area is 143 Å². The van der Waals surface area contributed by atoms with Gasteiger partial charge in [-0.05, 0) is 47.3 Å². The largest absolute Gasteiger partial charge is 0.368 e. The van der Waals surface area contributed by atoms with Crippen LogP contribution in [0.3, 0.4) is 0 Å². The lowest BCUT2D eigenvalue weighted by Crippen LogP contribution is -2.36. The second-order valence-corrected chi connectivity index (χ2v) is 7.21. The van der Waals surface area contributed by atoms with E-state index in [1.165, 1.54) is 0 Å². The van der Waals surface area contributed by atoms with Crippen LogP contribution in [0.1, 0.15) is 19.3 Å². The van der Waals surface area contributed by atoms with E-state index < -0.39 is 0 Å². The van der Waals surface area contributed by atoms with E-state index in [1.807, 2.05) is 29.4 Å². The average molecular weight is 375 g/mol. The molecule has 0 unspecified atom stereocenters. The van der Waals surface area contributed by atoms with Crippen LogP contribution in [0.2, 0.25) is 0 Å². The Bertz CT molecular complexity index is 746. The molecule has 2 aromatic heterocycles. The number of rotatable bonds is 2. The highest BCUT2D eigenvalue weighted by molar-refractivity contribution is 9.10. The van der Waals surface area contributed by atoms with E-state index in [1.54, 1.807) is 0 Å². The molecule has 1 amide bonds. The summed E-state index contributed by atoms with van der Waals surface area (Å²) in [6, 6.07) is 4.02. The Hall–Kier alpha value is -1.69. The lowest BCUT2D eigenvalue weighted by atomic mass is 10.2. The van der Waals surface area contributed by atoms with Gasteiger partial charge in [0.05, 0.1) is 11.2 Å². The van der Waals surface area contributed by atoms with Crippen LogP contribution >= 0.6 is 15.9 Å². The molecule has 5 nitrogen and oxygen atoms in total. The van der Waals surface area contributed by atoms with Gasteiger partial charge in [0.15, 0.2) is 0 Å².